The van der Waals surface area contributed by atoms with Crippen LogP contribution < -0.4 is 0 Å². The zero-order valence-electron chi connectivity index (χ0n) is 12.6. The van der Waals surface area contributed by atoms with E-state index in [1.54, 1.807) is 0 Å². The van der Waals surface area contributed by atoms with E-state index in [-0.39, 0.29) is 6.61 Å². The summed E-state index contributed by atoms with van der Waals surface area (Å²) in [5.41, 5.74) is -0.490. The van der Waals surface area contributed by atoms with E-state index in [4.69, 9.17) is 9.47 Å². The Bertz CT molecular complexity index is 385. The molecule has 1 aliphatic heterocycles. The molecule has 0 aromatic carbocycles. The minimum Gasteiger partial charge on any atom is -0.448 e. The predicted octanol–water partition coefficient (Wildman–Crippen LogP) is 2.09. The standard InChI is InChI=1S/C14H24N2O4/c1-11-6-4-5-7-14(11)10-16(13(18)20-14)12(17)19-9-8-15(2)3/h11H,4-10H2,1-3H3. The quantitative estimate of drug-likeness (QED) is 0.794. The van der Waals surface area contributed by atoms with Gasteiger partial charge in [0.2, 0.25) is 0 Å². The van der Waals surface area contributed by atoms with Crippen LogP contribution in [0.1, 0.15) is 32.6 Å². The van der Waals surface area contributed by atoms with Crippen LogP contribution in [0.4, 0.5) is 9.59 Å². The molecule has 1 saturated carbocycles. The molecule has 2 unspecified atom stereocenters. The fourth-order valence-electron chi connectivity index (χ4n) is 2.90. The molecule has 6 nitrogen and oxygen atoms in total. The summed E-state index contributed by atoms with van der Waals surface area (Å²) in [6.07, 6.45) is 2.92. The Morgan fingerprint density at radius 1 is 1.50 bits per heavy atom. The molecular formula is C14H24N2O4. The van der Waals surface area contributed by atoms with E-state index >= 15 is 0 Å². The molecule has 1 heterocycles. The van der Waals surface area contributed by atoms with Crippen molar-refractivity contribution in [1.82, 2.24) is 9.80 Å². The number of carbonyl (C=O) groups is 2. The fourth-order valence-corrected chi connectivity index (χ4v) is 2.90. The highest BCUT2D eigenvalue weighted by molar-refractivity contribution is 5.89. The van der Waals surface area contributed by atoms with Crippen molar-refractivity contribution < 1.29 is 19.1 Å². The molecule has 0 aromatic rings. The maximum atomic E-state index is 12.0. The third-order valence-electron chi connectivity index (χ3n) is 4.31. The van der Waals surface area contributed by atoms with Gasteiger partial charge in [0.15, 0.2) is 0 Å². The molecule has 2 atom stereocenters. The summed E-state index contributed by atoms with van der Waals surface area (Å²) in [7, 11) is 3.80. The zero-order valence-corrected chi connectivity index (χ0v) is 12.6. The van der Waals surface area contributed by atoms with Crippen LogP contribution in [0.3, 0.4) is 0 Å². The lowest BCUT2D eigenvalue weighted by molar-refractivity contribution is -0.0158. The molecule has 2 fully saturated rings. The van der Waals surface area contributed by atoms with Crippen LogP contribution in [-0.2, 0) is 9.47 Å². The highest BCUT2D eigenvalue weighted by atomic mass is 16.6. The van der Waals surface area contributed by atoms with Gasteiger partial charge in [0.25, 0.3) is 0 Å². The molecular weight excluding hydrogens is 260 g/mol. The second kappa shape index (κ2) is 5.99. The Labute approximate surface area is 120 Å². The van der Waals surface area contributed by atoms with Crippen LogP contribution in [0.5, 0.6) is 0 Å². The topological polar surface area (TPSA) is 59.1 Å². The van der Waals surface area contributed by atoms with E-state index in [2.05, 4.69) is 6.92 Å². The van der Waals surface area contributed by atoms with Crippen LogP contribution in [0, 0.1) is 5.92 Å². The molecule has 0 radical (unpaired) electrons. The molecule has 1 spiro atoms. The minimum atomic E-state index is -0.591. The number of carbonyl (C=O) groups excluding carboxylic acids is 2. The van der Waals surface area contributed by atoms with E-state index in [0.29, 0.717) is 19.0 Å². The molecule has 2 rings (SSSR count). The first-order valence-electron chi connectivity index (χ1n) is 7.26. The van der Waals surface area contributed by atoms with Gasteiger partial charge in [-0.25, -0.2) is 14.5 Å². The number of hydrogen-bond donors (Lipinski definition) is 0. The van der Waals surface area contributed by atoms with E-state index in [1.165, 1.54) is 0 Å². The summed E-state index contributed by atoms with van der Waals surface area (Å²) < 4.78 is 10.7. The van der Waals surface area contributed by atoms with Gasteiger partial charge in [-0.05, 0) is 39.3 Å². The fraction of sp³-hybridized carbons (Fsp3) is 0.857. The summed E-state index contributed by atoms with van der Waals surface area (Å²) in [5, 5.41) is 0. The van der Waals surface area contributed by atoms with Crippen molar-refractivity contribution in [2.24, 2.45) is 5.92 Å². The van der Waals surface area contributed by atoms with Crippen LogP contribution in [0.15, 0.2) is 0 Å². The van der Waals surface area contributed by atoms with Gasteiger partial charge in [0, 0.05) is 6.54 Å². The Morgan fingerprint density at radius 3 is 2.90 bits per heavy atom. The first kappa shape index (κ1) is 15.1. The molecule has 1 aliphatic carbocycles. The second-order valence-corrected chi connectivity index (χ2v) is 6.08. The van der Waals surface area contributed by atoms with E-state index in [1.807, 2.05) is 19.0 Å². The number of ether oxygens (including phenoxy) is 2. The molecule has 0 aromatic heterocycles. The number of imide groups is 1. The van der Waals surface area contributed by atoms with Gasteiger partial charge in [0.1, 0.15) is 12.2 Å². The molecule has 2 amide bonds. The molecule has 0 N–H and O–H groups in total. The van der Waals surface area contributed by atoms with Gasteiger partial charge in [-0.3, -0.25) is 0 Å². The molecule has 2 aliphatic rings. The van der Waals surface area contributed by atoms with Gasteiger partial charge in [-0.2, -0.15) is 0 Å². The average Bonchev–Trinajstić information content (AvgIpc) is 2.71. The van der Waals surface area contributed by atoms with E-state index in [9.17, 15) is 9.59 Å². The smallest absolute Gasteiger partial charge is 0.420 e. The Balaban J connectivity index is 1.93. The van der Waals surface area contributed by atoms with Crippen molar-refractivity contribution in [3.8, 4) is 0 Å². The normalized spacial score (nSPS) is 29.9. The molecule has 6 heteroatoms. The third-order valence-corrected chi connectivity index (χ3v) is 4.31. The lowest BCUT2D eigenvalue weighted by Gasteiger charge is -2.36. The van der Waals surface area contributed by atoms with Gasteiger partial charge in [-0.1, -0.05) is 13.3 Å². The summed E-state index contributed by atoms with van der Waals surface area (Å²) in [6.45, 7) is 3.33. The molecule has 1 saturated heterocycles. The van der Waals surface area contributed by atoms with Crippen molar-refractivity contribution in [3.05, 3.63) is 0 Å². The monoisotopic (exact) mass is 284 g/mol. The highest BCUT2D eigenvalue weighted by Gasteiger charge is 2.52. The number of rotatable bonds is 3. The summed E-state index contributed by atoms with van der Waals surface area (Å²) in [4.78, 5) is 26.9. The van der Waals surface area contributed by atoms with Crippen LogP contribution in [0.2, 0.25) is 0 Å². The number of likely N-dealkylation sites (N-methyl/N-ethyl adjacent to an activating group) is 1. The number of hydrogen-bond acceptors (Lipinski definition) is 5. The van der Waals surface area contributed by atoms with E-state index in [0.717, 1.165) is 30.6 Å². The summed E-state index contributed by atoms with van der Waals surface area (Å²) in [5.74, 6) is 0.291. The largest absolute Gasteiger partial charge is 0.448 e. The predicted molar refractivity (Wildman–Crippen MR) is 73.5 cm³/mol. The Kier molecular flexibility index (Phi) is 4.52. The zero-order chi connectivity index (χ0) is 14.8. The maximum absolute atomic E-state index is 12.0. The first-order valence-corrected chi connectivity index (χ1v) is 7.26. The van der Waals surface area contributed by atoms with Gasteiger partial charge in [0.05, 0.1) is 6.54 Å². The van der Waals surface area contributed by atoms with Crippen molar-refractivity contribution in [2.75, 3.05) is 33.8 Å². The number of nitrogens with zero attached hydrogens (tertiary/aromatic N) is 2. The molecule has 114 valence electrons. The van der Waals surface area contributed by atoms with E-state index < -0.39 is 17.8 Å². The van der Waals surface area contributed by atoms with Gasteiger partial charge in [-0.15, -0.1) is 0 Å². The highest BCUT2D eigenvalue weighted by Crippen LogP contribution is 2.41. The lowest BCUT2D eigenvalue weighted by atomic mass is 9.76. The summed E-state index contributed by atoms with van der Waals surface area (Å²) in [6, 6.07) is 0. The van der Waals surface area contributed by atoms with Crippen molar-refractivity contribution in [3.63, 3.8) is 0 Å². The lowest BCUT2D eigenvalue weighted by Crippen LogP contribution is -2.44. The first-order chi connectivity index (χ1) is 9.44. The third kappa shape index (κ3) is 3.06. The Hall–Kier alpha value is -1.30. The molecule has 20 heavy (non-hydrogen) atoms. The average molecular weight is 284 g/mol. The van der Waals surface area contributed by atoms with Crippen LogP contribution >= 0.6 is 0 Å². The summed E-state index contributed by atoms with van der Waals surface area (Å²) >= 11 is 0. The van der Waals surface area contributed by atoms with Crippen molar-refractivity contribution in [1.29, 1.82) is 0 Å². The minimum absolute atomic E-state index is 0.276. The van der Waals surface area contributed by atoms with Crippen LogP contribution in [-0.4, -0.2) is 61.4 Å². The number of amides is 2. The Morgan fingerprint density at radius 2 is 2.25 bits per heavy atom. The van der Waals surface area contributed by atoms with Crippen LogP contribution in [0.25, 0.3) is 0 Å². The maximum Gasteiger partial charge on any atom is 0.420 e. The van der Waals surface area contributed by atoms with Crippen molar-refractivity contribution >= 4 is 12.2 Å². The second-order valence-electron chi connectivity index (χ2n) is 6.08. The van der Waals surface area contributed by atoms with Crippen molar-refractivity contribution in [2.45, 2.75) is 38.2 Å². The van der Waals surface area contributed by atoms with Gasteiger partial charge >= 0.3 is 12.2 Å². The van der Waals surface area contributed by atoms with Gasteiger partial charge < -0.3 is 14.4 Å². The molecule has 0 bridgehead atoms. The SMILES string of the molecule is CC1CCCCC12CN(C(=O)OCCN(C)C)C(=O)O2.